The number of nitrogen functional groups attached to an aromatic ring is 1. The number of carbonyl (C=O) groups excluding carboxylic acids is 2. The fraction of sp³-hybridized carbons (Fsp3) is 0.360. The first-order chi connectivity index (χ1) is 36.6. The van der Waals surface area contributed by atoms with E-state index in [1.165, 1.54) is 34.0 Å². The van der Waals surface area contributed by atoms with Crippen LogP contribution in [0.1, 0.15) is 79.4 Å². The topological polar surface area (TPSA) is 307 Å². The van der Waals surface area contributed by atoms with E-state index in [1.54, 1.807) is 86.0 Å². The lowest BCUT2D eigenvalue weighted by Crippen LogP contribution is -2.45. The molecule has 28 heteroatoms. The summed E-state index contributed by atoms with van der Waals surface area (Å²) in [7, 11) is -1.76. The number of aromatic nitrogens is 10. The Bertz CT molecular complexity index is 3120. The van der Waals surface area contributed by atoms with Crippen molar-refractivity contribution in [2.75, 3.05) is 34.4 Å². The van der Waals surface area contributed by atoms with Gasteiger partial charge in [-0.15, -0.1) is 0 Å². The molecule has 2 amide bonds. The second-order valence-corrected chi connectivity index (χ2v) is 19.7. The highest BCUT2D eigenvalue weighted by Gasteiger charge is 2.35. The standard InChI is InChI=1S/C20H20F2N8.C18H27BN2O6.C12H11F2IN6/c1-12(2)14-8-13(9-27-19(14)24)18-15(10-30(29-18)11-17(21)22)16-4-7-26-20(28-16)25-6-3-5-23;1-11(2)13-9-12(19(24)25)10-20-14(13)21(15(22)26-17(3,4)5)16(23)27-18(6,7)8;13-10(14)7-21-6-8(11(15)20-21)9-2-5-18-12(19-9)17-4-1-3-16/h4,7-10,17H,1,3,6,11H2,2H3,(H2,24,27)(H,25,26,28);9-10,24-25H,1H2,2-8H3;2,5-6,10H,1,4,7H2,(H,17,18,19). The summed E-state index contributed by atoms with van der Waals surface area (Å²) in [5.41, 5.74) is 9.73. The molecule has 0 aliphatic carbocycles. The predicted octanol–water partition coefficient (Wildman–Crippen LogP) is 8.61. The lowest BCUT2D eigenvalue weighted by atomic mass is 9.80. The average Bonchev–Trinajstić information content (AvgIpc) is 3.97. The molecule has 0 saturated heterocycles. The van der Waals surface area contributed by atoms with E-state index in [2.05, 4.69) is 63.9 Å². The Morgan fingerprint density at radius 1 is 0.782 bits per heavy atom. The van der Waals surface area contributed by atoms with Crippen LogP contribution < -0.4 is 26.7 Å². The van der Waals surface area contributed by atoms with Crippen molar-refractivity contribution in [2.24, 2.45) is 0 Å². The van der Waals surface area contributed by atoms with Gasteiger partial charge in [-0.05, 0) is 113 Å². The lowest BCUT2D eigenvalue weighted by Gasteiger charge is -2.29. The summed E-state index contributed by atoms with van der Waals surface area (Å²) >= 11 is 1.98. The van der Waals surface area contributed by atoms with Gasteiger partial charge in [-0.25, -0.2) is 57.1 Å². The quantitative estimate of drug-likeness (QED) is 0.0247. The van der Waals surface area contributed by atoms with Crippen LogP contribution in [0.25, 0.3) is 44.9 Å². The van der Waals surface area contributed by atoms with Crippen LogP contribution >= 0.6 is 22.6 Å². The van der Waals surface area contributed by atoms with Crippen LogP contribution in [0, 0.1) is 26.4 Å². The van der Waals surface area contributed by atoms with E-state index >= 15 is 0 Å². The Hall–Kier alpha value is -8.09. The van der Waals surface area contributed by atoms with Crippen LogP contribution in [0.5, 0.6) is 0 Å². The Balaban J connectivity index is 0.000000256. The average molecular weight is 1190 g/mol. The van der Waals surface area contributed by atoms with E-state index in [0.717, 1.165) is 11.8 Å². The number of allylic oxidation sites excluding steroid dienone is 2. The van der Waals surface area contributed by atoms with Crippen LogP contribution in [0.4, 0.5) is 50.7 Å². The monoisotopic (exact) mass is 1190 g/mol. The Morgan fingerprint density at radius 3 is 1.73 bits per heavy atom. The molecular weight excluding hydrogens is 1130 g/mol. The van der Waals surface area contributed by atoms with Crippen molar-refractivity contribution < 1.29 is 46.7 Å². The van der Waals surface area contributed by atoms with Crippen molar-refractivity contribution in [1.29, 1.82) is 10.5 Å². The molecular formula is C50H58BF4IN16O6. The molecule has 6 aromatic rings. The predicted molar refractivity (Wildman–Crippen MR) is 295 cm³/mol. The van der Waals surface area contributed by atoms with Gasteiger partial charge >= 0.3 is 19.3 Å². The fourth-order valence-electron chi connectivity index (χ4n) is 6.43. The summed E-state index contributed by atoms with van der Waals surface area (Å²) in [4.78, 5) is 51.3. The smallest absolute Gasteiger partial charge is 0.443 e. The van der Waals surface area contributed by atoms with Crippen LogP contribution in [0.2, 0.25) is 0 Å². The van der Waals surface area contributed by atoms with E-state index < -0.39 is 56.4 Å². The van der Waals surface area contributed by atoms with Crippen molar-refractivity contribution in [3.05, 3.63) is 89.4 Å². The van der Waals surface area contributed by atoms with E-state index in [0.29, 0.717) is 97.2 Å². The van der Waals surface area contributed by atoms with Gasteiger partial charge in [0.25, 0.3) is 12.9 Å². The molecule has 0 atom stereocenters. The summed E-state index contributed by atoms with van der Waals surface area (Å²) in [5, 5.41) is 50.1. The molecule has 6 rings (SSSR count). The maximum absolute atomic E-state index is 13.0. The van der Waals surface area contributed by atoms with Crippen molar-refractivity contribution in [2.45, 2.75) is 105 Å². The van der Waals surface area contributed by atoms with Crippen LogP contribution in [0.15, 0.2) is 74.6 Å². The molecule has 78 heavy (non-hydrogen) atoms. The SMILES string of the molecule is C=C(C)c1cc(-c2nn(CC(F)F)cc2-c2ccnc(NCCC#N)n2)cnc1N.C=C(C)c1cc(B(O)O)cnc1N(C(=O)OC(C)(C)C)C(=O)OC(C)(C)C.N#CCCNc1nccc(-c2cn(CC(F)F)nc2I)n1. The molecule has 0 aromatic carbocycles. The maximum atomic E-state index is 13.0. The largest absolute Gasteiger partial charge is 0.490 e. The van der Waals surface area contributed by atoms with Gasteiger partial charge < -0.3 is 35.9 Å². The molecule has 6 heterocycles. The number of imide groups is 1. The van der Waals surface area contributed by atoms with E-state index in [-0.39, 0.29) is 16.8 Å². The Kier molecular flexibility index (Phi) is 22.7. The van der Waals surface area contributed by atoms with Crippen LogP contribution in [0.3, 0.4) is 0 Å². The summed E-state index contributed by atoms with van der Waals surface area (Å²) < 4.78 is 64.3. The van der Waals surface area contributed by atoms with E-state index in [4.69, 9.17) is 25.7 Å². The minimum atomic E-state index is -2.56. The van der Waals surface area contributed by atoms with Crippen LogP contribution in [-0.4, -0.2) is 116 Å². The van der Waals surface area contributed by atoms with Crippen molar-refractivity contribution in [3.63, 3.8) is 0 Å². The normalized spacial score (nSPS) is 11.0. The molecule has 22 nitrogen and oxygen atoms in total. The molecule has 6 N–H and O–H groups in total. The highest BCUT2D eigenvalue weighted by Crippen LogP contribution is 2.33. The van der Waals surface area contributed by atoms with E-state index in [1.807, 2.05) is 34.7 Å². The third kappa shape index (κ3) is 19.2. The molecule has 0 fully saturated rings. The molecule has 0 aliphatic heterocycles. The first kappa shape index (κ1) is 62.5. The summed E-state index contributed by atoms with van der Waals surface area (Å²) in [6.45, 7) is 20.9. The molecule has 0 unspecified atom stereocenters. The first-order valence-corrected chi connectivity index (χ1v) is 24.6. The van der Waals surface area contributed by atoms with Gasteiger partial charge in [-0.1, -0.05) is 13.2 Å². The number of nitrogens with two attached hydrogens (primary N) is 1. The van der Waals surface area contributed by atoms with Crippen molar-refractivity contribution in [1.82, 2.24) is 49.5 Å². The highest BCUT2D eigenvalue weighted by atomic mass is 127. The van der Waals surface area contributed by atoms with Gasteiger partial charge in [0.05, 0.1) is 41.9 Å². The number of ether oxygens (including phenoxy) is 2. The van der Waals surface area contributed by atoms with Crippen molar-refractivity contribution >= 4 is 82.0 Å². The number of pyridine rings is 2. The number of amides is 2. The summed E-state index contributed by atoms with van der Waals surface area (Å²) in [6, 6.07) is 10.5. The third-order valence-electron chi connectivity index (χ3n) is 9.69. The number of halogens is 5. The molecule has 0 bridgehead atoms. The van der Waals surface area contributed by atoms with E-state index in [9.17, 15) is 37.2 Å². The number of carbonyl (C=O) groups is 2. The zero-order chi connectivity index (χ0) is 58.1. The summed E-state index contributed by atoms with van der Waals surface area (Å²) in [5.74, 6) is 0.967. The minimum absolute atomic E-state index is 0.0737. The number of hydrogen-bond acceptors (Lipinski definition) is 19. The maximum Gasteiger partial charge on any atom is 0.490 e. The zero-order valence-corrected chi connectivity index (χ0v) is 46.1. The lowest BCUT2D eigenvalue weighted by molar-refractivity contribution is 0.0428. The molecule has 6 aromatic heterocycles. The fourth-order valence-corrected chi connectivity index (χ4v) is 7.12. The molecule has 0 saturated carbocycles. The second kappa shape index (κ2) is 28.3. The van der Waals surface area contributed by atoms with Crippen LogP contribution in [-0.2, 0) is 22.6 Å². The first-order valence-electron chi connectivity index (χ1n) is 23.6. The van der Waals surface area contributed by atoms with Gasteiger partial charge in [-0.2, -0.15) is 25.6 Å². The highest BCUT2D eigenvalue weighted by molar-refractivity contribution is 14.1. The van der Waals surface area contributed by atoms with Gasteiger partial charge in [0.1, 0.15) is 39.5 Å². The molecule has 412 valence electrons. The van der Waals surface area contributed by atoms with Gasteiger partial charge in [0.2, 0.25) is 11.9 Å². The van der Waals surface area contributed by atoms with Gasteiger partial charge in [0.15, 0.2) is 5.82 Å². The molecule has 0 aliphatic rings. The minimum Gasteiger partial charge on any atom is -0.443 e. The number of hydrogen-bond donors (Lipinski definition) is 5. The van der Waals surface area contributed by atoms with Crippen molar-refractivity contribution in [3.8, 4) is 45.9 Å². The molecule has 0 spiro atoms. The van der Waals surface area contributed by atoms with Gasteiger partial charge in [-0.3, -0.25) is 9.36 Å². The number of nitrogens with one attached hydrogen (secondary N) is 2. The second-order valence-electron chi connectivity index (χ2n) is 18.7. The van der Waals surface area contributed by atoms with Gasteiger partial charge in [0, 0.05) is 78.0 Å². The number of anilines is 4. The molecule has 0 radical (unpaired) electrons. The Morgan fingerprint density at radius 2 is 1.27 bits per heavy atom. The zero-order valence-electron chi connectivity index (χ0n) is 44.0. The number of nitriles is 2. The number of alkyl halides is 4. The Labute approximate surface area is 461 Å². The summed E-state index contributed by atoms with van der Waals surface area (Å²) in [6.07, 6.45) is 2.54. The third-order valence-corrected chi connectivity index (χ3v) is 10.5. The number of rotatable bonds is 17. The number of nitrogens with zero attached hydrogens (tertiary/aromatic N) is 13.